The van der Waals surface area contributed by atoms with Gasteiger partial charge in [0, 0.05) is 25.0 Å². The van der Waals surface area contributed by atoms with Gasteiger partial charge >= 0.3 is 0 Å². The number of aromatic nitrogens is 1. The molecular weight excluding hydrogens is 326 g/mol. The van der Waals surface area contributed by atoms with Crippen LogP contribution in [0.25, 0.3) is 0 Å². The van der Waals surface area contributed by atoms with Crippen LogP contribution in [0.5, 0.6) is 11.5 Å². The highest BCUT2D eigenvalue weighted by Crippen LogP contribution is 2.22. The van der Waals surface area contributed by atoms with E-state index in [1.165, 1.54) is 12.6 Å². The van der Waals surface area contributed by atoms with Crippen LogP contribution in [0.15, 0.2) is 55.3 Å². The van der Waals surface area contributed by atoms with Gasteiger partial charge in [0.15, 0.2) is 0 Å². The number of rotatable bonds is 3. The van der Waals surface area contributed by atoms with Crippen LogP contribution < -0.4 is 15.8 Å². The molecule has 5 nitrogen and oxygen atoms in total. The van der Waals surface area contributed by atoms with Crippen molar-refractivity contribution < 1.29 is 9.53 Å². The van der Waals surface area contributed by atoms with Crippen LogP contribution in [-0.2, 0) is 0 Å². The largest absolute Gasteiger partial charge is 0.457 e. The summed E-state index contributed by atoms with van der Waals surface area (Å²) in [6.07, 6.45) is 4.53. The van der Waals surface area contributed by atoms with Crippen molar-refractivity contribution in [1.29, 1.82) is 0 Å². The van der Waals surface area contributed by atoms with Crippen molar-refractivity contribution in [2.45, 2.75) is 41.0 Å². The number of amides is 1. The Kier molecular flexibility index (Phi) is 16.6. The van der Waals surface area contributed by atoms with Crippen molar-refractivity contribution in [3.8, 4) is 11.5 Å². The molecule has 0 unspecified atom stereocenters. The van der Waals surface area contributed by atoms with E-state index in [9.17, 15) is 4.79 Å². The Bertz CT molecular complexity index is 611. The Morgan fingerprint density at radius 1 is 1.19 bits per heavy atom. The smallest absolute Gasteiger partial charge is 0.269 e. The molecule has 2 rings (SSSR count). The molecule has 0 spiro atoms. The van der Waals surface area contributed by atoms with Crippen molar-refractivity contribution in [2.24, 2.45) is 0 Å². The summed E-state index contributed by atoms with van der Waals surface area (Å²) in [6, 6.07) is 10.3. The van der Waals surface area contributed by atoms with Gasteiger partial charge in [-0.15, -0.1) is 6.58 Å². The highest BCUT2D eigenvalue weighted by Gasteiger charge is 2.06. The predicted octanol–water partition coefficient (Wildman–Crippen LogP) is 5.45. The number of carbonyl (C=O) groups excluding carboxylic acids is 1. The van der Waals surface area contributed by atoms with E-state index < -0.39 is 0 Å². The molecule has 0 aliphatic carbocycles. The molecule has 0 bridgehead atoms. The molecule has 0 aliphatic rings. The quantitative estimate of drug-likeness (QED) is 0.564. The number of anilines is 1. The first kappa shape index (κ1) is 25.4. The van der Waals surface area contributed by atoms with E-state index in [0.29, 0.717) is 22.9 Å². The minimum Gasteiger partial charge on any atom is -0.457 e. The summed E-state index contributed by atoms with van der Waals surface area (Å²) in [5.41, 5.74) is 6.56. The van der Waals surface area contributed by atoms with Gasteiger partial charge in [-0.25, -0.2) is 0 Å². The number of pyridine rings is 1. The second-order valence-electron chi connectivity index (χ2n) is 4.74. The topological polar surface area (TPSA) is 77.2 Å². The lowest BCUT2D eigenvalue weighted by Gasteiger charge is -2.06. The lowest BCUT2D eigenvalue weighted by molar-refractivity contribution is 0.0958. The third-order valence-corrected chi connectivity index (χ3v) is 2.31. The molecule has 5 heteroatoms. The molecule has 1 aromatic heterocycles. The zero-order chi connectivity index (χ0) is 20.4. The summed E-state index contributed by atoms with van der Waals surface area (Å²) in [5, 5.41) is 2.51. The Hall–Kier alpha value is -2.82. The number of nitrogens with one attached hydrogen (secondary N) is 1. The summed E-state index contributed by atoms with van der Waals surface area (Å²) in [5.74, 6) is 0.949. The molecule has 144 valence electrons. The minimum atomic E-state index is -0.252. The van der Waals surface area contributed by atoms with E-state index >= 15 is 0 Å². The van der Waals surface area contributed by atoms with Gasteiger partial charge in [0.05, 0.1) is 0 Å². The number of allylic oxidation sites excluding steroid dienone is 1. The van der Waals surface area contributed by atoms with Gasteiger partial charge in [0.25, 0.3) is 5.91 Å². The fourth-order valence-electron chi connectivity index (χ4n) is 1.40. The van der Waals surface area contributed by atoms with Crippen LogP contribution in [-0.4, -0.2) is 17.9 Å². The third kappa shape index (κ3) is 11.7. The van der Waals surface area contributed by atoms with Gasteiger partial charge < -0.3 is 15.8 Å². The number of nitrogens with zero attached hydrogens (tertiary/aromatic N) is 1. The van der Waals surface area contributed by atoms with Crippen LogP contribution in [0.1, 0.15) is 51.5 Å². The summed E-state index contributed by atoms with van der Waals surface area (Å²) in [7, 11) is 1.55. The van der Waals surface area contributed by atoms with E-state index in [1.54, 1.807) is 49.5 Å². The van der Waals surface area contributed by atoms with Gasteiger partial charge in [-0.3, -0.25) is 9.78 Å². The molecule has 1 aromatic carbocycles. The van der Waals surface area contributed by atoms with Crippen LogP contribution in [0.2, 0.25) is 0 Å². The zero-order valence-corrected chi connectivity index (χ0v) is 16.9. The number of benzene rings is 1. The van der Waals surface area contributed by atoms with Gasteiger partial charge in [0.1, 0.15) is 17.2 Å². The molecule has 1 amide bonds. The molecule has 2 aromatic rings. The van der Waals surface area contributed by atoms with Crippen LogP contribution >= 0.6 is 0 Å². The lowest BCUT2D eigenvalue weighted by Crippen LogP contribution is -2.18. The number of nitrogen functional groups attached to an aromatic ring is 1. The molecule has 1 heterocycles. The number of ether oxygens (including phenoxy) is 1. The SMILES string of the molecule is C=CC.CC.CCC.CNC(=O)c1cc(Oc2ccc(N)cc2)ccn1. The fourth-order valence-corrected chi connectivity index (χ4v) is 1.40. The van der Waals surface area contributed by atoms with Gasteiger partial charge in [0.2, 0.25) is 0 Å². The number of nitrogens with two attached hydrogens (primary N) is 1. The molecule has 26 heavy (non-hydrogen) atoms. The van der Waals surface area contributed by atoms with Crippen LogP contribution in [0, 0.1) is 0 Å². The number of hydrogen-bond acceptors (Lipinski definition) is 4. The highest BCUT2D eigenvalue weighted by molar-refractivity contribution is 5.92. The molecule has 0 aliphatic heterocycles. The Labute approximate surface area is 158 Å². The first-order valence-corrected chi connectivity index (χ1v) is 8.80. The Morgan fingerprint density at radius 3 is 2.15 bits per heavy atom. The predicted molar refractivity (Wildman–Crippen MR) is 112 cm³/mol. The standard InChI is InChI=1S/C13H13N3O2.C3H8.C3H6.C2H6/c1-15-13(17)12-8-11(6-7-16-12)18-10-4-2-9(14)3-5-10;2*1-3-2;1-2/h2-8H,14H2,1H3,(H,15,17);3H2,1-2H3;3H,1H2,2H3;1-2H3. The average Bonchev–Trinajstić information content (AvgIpc) is 2.66. The fraction of sp³-hybridized carbons (Fsp3) is 0.333. The van der Waals surface area contributed by atoms with Crippen molar-refractivity contribution in [3.63, 3.8) is 0 Å². The van der Waals surface area contributed by atoms with E-state index in [-0.39, 0.29) is 5.91 Å². The van der Waals surface area contributed by atoms with Gasteiger partial charge in [-0.2, -0.15) is 0 Å². The second-order valence-corrected chi connectivity index (χ2v) is 4.74. The Balaban J connectivity index is 0. The van der Waals surface area contributed by atoms with Crippen LogP contribution in [0.4, 0.5) is 5.69 Å². The van der Waals surface area contributed by atoms with Crippen molar-refractivity contribution in [1.82, 2.24) is 10.3 Å². The van der Waals surface area contributed by atoms with Crippen LogP contribution in [0.3, 0.4) is 0 Å². The maximum absolute atomic E-state index is 11.4. The monoisotopic (exact) mass is 359 g/mol. The van der Waals surface area contributed by atoms with Crippen molar-refractivity contribution >= 4 is 11.6 Å². The molecule has 0 fully saturated rings. The summed E-state index contributed by atoms with van der Waals surface area (Å²) in [6.45, 7) is 13.5. The van der Waals surface area contributed by atoms with E-state index in [1.807, 2.05) is 20.8 Å². The first-order valence-electron chi connectivity index (χ1n) is 8.80. The molecule has 0 saturated heterocycles. The third-order valence-electron chi connectivity index (χ3n) is 2.31. The molecule has 0 radical (unpaired) electrons. The minimum absolute atomic E-state index is 0.252. The number of hydrogen-bond donors (Lipinski definition) is 2. The van der Waals surface area contributed by atoms with E-state index in [2.05, 4.69) is 30.7 Å². The average molecular weight is 360 g/mol. The highest BCUT2D eigenvalue weighted by atomic mass is 16.5. The molecule has 3 N–H and O–H groups in total. The summed E-state index contributed by atoms with van der Waals surface area (Å²) < 4.78 is 5.59. The van der Waals surface area contributed by atoms with Crippen molar-refractivity contribution in [2.75, 3.05) is 12.8 Å². The second kappa shape index (κ2) is 17.0. The molecular formula is C21H33N3O2. The van der Waals surface area contributed by atoms with E-state index in [0.717, 1.165) is 0 Å². The van der Waals surface area contributed by atoms with Gasteiger partial charge in [-0.1, -0.05) is 40.2 Å². The van der Waals surface area contributed by atoms with E-state index in [4.69, 9.17) is 10.5 Å². The normalized spacial score (nSPS) is 8.23. The van der Waals surface area contributed by atoms with Gasteiger partial charge in [-0.05, 0) is 37.3 Å². The molecule has 0 saturated carbocycles. The lowest BCUT2D eigenvalue weighted by atomic mass is 10.3. The maximum Gasteiger partial charge on any atom is 0.269 e. The summed E-state index contributed by atoms with van der Waals surface area (Å²) in [4.78, 5) is 15.4. The molecule has 0 atom stereocenters. The Morgan fingerprint density at radius 2 is 1.69 bits per heavy atom. The number of carbonyl (C=O) groups is 1. The maximum atomic E-state index is 11.4. The van der Waals surface area contributed by atoms with Crippen molar-refractivity contribution in [3.05, 3.63) is 60.9 Å². The summed E-state index contributed by atoms with van der Waals surface area (Å²) >= 11 is 0. The zero-order valence-electron chi connectivity index (χ0n) is 16.9. The first-order chi connectivity index (χ1) is 12.5.